The highest BCUT2D eigenvalue weighted by molar-refractivity contribution is 7.56. The Morgan fingerprint density at radius 1 is 1.17 bits per heavy atom. The van der Waals surface area contributed by atoms with E-state index >= 15 is 0 Å². The maximum atomic E-state index is 13.2. The Bertz CT molecular complexity index is 437. The fraction of sp³-hybridized carbons (Fsp3) is 0.538. The molecule has 1 atom stereocenters. The number of rotatable bonds is 3. The van der Waals surface area contributed by atoms with Gasteiger partial charge in [-0.2, -0.15) is 0 Å². The predicted molar refractivity (Wildman–Crippen MR) is 75.5 cm³/mol. The topological polar surface area (TPSA) is 26.8 Å². The van der Waals surface area contributed by atoms with Crippen LogP contribution in [0.3, 0.4) is 0 Å². The van der Waals surface area contributed by atoms with E-state index in [1.54, 1.807) is 0 Å². The molecular weight excluding hydrogens is 245 g/mol. The van der Waals surface area contributed by atoms with Crippen molar-refractivity contribution in [3.05, 3.63) is 35.9 Å². The van der Waals surface area contributed by atoms with Gasteiger partial charge < -0.3 is 0 Å². The second-order valence-corrected chi connectivity index (χ2v) is 7.96. The van der Waals surface area contributed by atoms with E-state index in [0.29, 0.717) is 0 Å². The normalized spacial score (nSPS) is 22.5. The van der Waals surface area contributed by atoms with Gasteiger partial charge in [-0.15, -0.1) is 0 Å². The standard InChI is InChI=1S/C13H22N3OP/c1-12(13-8-6-5-7-9-13)16(4)18(17)14(2)10-11-15(18)3/h5-9,12H,10-11H2,1-4H3/t12-/m0/s1. The maximum absolute atomic E-state index is 13.2. The largest absolute Gasteiger partial charge is 0.286 e. The van der Waals surface area contributed by atoms with Crippen LogP contribution in [-0.4, -0.2) is 48.2 Å². The van der Waals surface area contributed by atoms with Gasteiger partial charge in [0.1, 0.15) is 0 Å². The third kappa shape index (κ3) is 2.14. The van der Waals surface area contributed by atoms with Gasteiger partial charge in [0, 0.05) is 19.1 Å². The van der Waals surface area contributed by atoms with Crippen LogP contribution in [0.2, 0.25) is 0 Å². The van der Waals surface area contributed by atoms with E-state index in [9.17, 15) is 4.57 Å². The SMILES string of the molecule is C[C@@H](c1ccccc1)N(C)P1(=O)N(C)CCN1C. The zero-order chi connectivity index (χ0) is 13.3. The van der Waals surface area contributed by atoms with Crippen molar-refractivity contribution in [1.82, 2.24) is 14.0 Å². The average molecular weight is 267 g/mol. The Kier molecular flexibility index (Phi) is 3.93. The minimum absolute atomic E-state index is 0.139. The molecule has 1 aromatic carbocycles. The van der Waals surface area contributed by atoms with Gasteiger partial charge in [0.05, 0.1) is 0 Å². The Hall–Kier alpha value is -0.670. The molecule has 1 saturated heterocycles. The molecule has 1 aliphatic rings. The van der Waals surface area contributed by atoms with E-state index in [1.807, 2.05) is 53.4 Å². The van der Waals surface area contributed by atoms with E-state index in [-0.39, 0.29) is 6.04 Å². The molecule has 18 heavy (non-hydrogen) atoms. The zero-order valence-electron chi connectivity index (χ0n) is 11.6. The molecule has 0 N–H and O–H groups in total. The highest BCUT2D eigenvalue weighted by Gasteiger charge is 2.43. The second kappa shape index (κ2) is 5.14. The lowest BCUT2D eigenvalue weighted by Gasteiger charge is -2.37. The van der Waals surface area contributed by atoms with Crippen LogP contribution in [0.1, 0.15) is 18.5 Å². The summed E-state index contributed by atoms with van der Waals surface area (Å²) in [5.41, 5.74) is 1.20. The van der Waals surface area contributed by atoms with Crippen LogP contribution in [0.25, 0.3) is 0 Å². The quantitative estimate of drug-likeness (QED) is 0.787. The van der Waals surface area contributed by atoms with E-state index in [0.717, 1.165) is 13.1 Å². The first-order valence-corrected chi connectivity index (χ1v) is 7.86. The van der Waals surface area contributed by atoms with E-state index < -0.39 is 7.59 Å². The molecule has 0 aromatic heterocycles. The molecule has 0 amide bonds. The Balaban J connectivity index is 2.26. The van der Waals surface area contributed by atoms with Crippen LogP contribution in [0.15, 0.2) is 30.3 Å². The molecule has 1 aromatic rings. The molecule has 0 spiro atoms. The summed E-state index contributed by atoms with van der Waals surface area (Å²) < 4.78 is 19.1. The van der Waals surface area contributed by atoms with Gasteiger partial charge in [0.15, 0.2) is 0 Å². The monoisotopic (exact) mass is 267 g/mol. The van der Waals surface area contributed by atoms with Gasteiger partial charge in [0.25, 0.3) is 7.59 Å². The summed E-state index contributed by atoms with van der Waals surface area (Å²) in [7, 11) is 3.28. The molecule has 100 valence electrons. The van der Waals surface area contributed by atoms with E-state index in [4.69, 9.17) is 0 Å². The fourth-order valence-corrected chi connectivity index (χ4v) is 5.23. The lowest BCUT2D eigenvalue weighted by Crippen LogP contribution is -2.30. The summed E-state index contributed by atoms with van der Waals surface area (Å²) in [5, 5.41) is 0. The predicted octanol–water partition coefficient (Wildman–Crippen LogP) is 2.66. The lowest BCUT2D eigenvalue weighted by atomic mass is 10.1. The Labute approximate surface area is 110 Å². The molecule has 0 saturated carbocycles. The summed E-state index contributed by atoms with van der Waals surface area (Å²) in [6.07, 6.45) is 0. The number of hydrogen-bond acceptors (Lipinski definition) is 1. The second-order valence-electron chi connectivity index (χ2n) is 4.94. The molecule has 5 heteroatoms. The molecule has 0 bridgehead atoms. The van der Waals surface area contributed by atoms with Crippen molar-refractivity contribution in [3.63, 3.8) is 0 Å². The molecule has 1 aliphatic heterocycles. The molecule has 0 aliphatic carbocycles. The summed E-state index contributed by atoms with van der Waals surface area (Å²) in [6, 6.07) is 10.4. The van der Waals surface area contributed by atoms with Crippen LogP contribution in [0, 0.1) is 0 Å². The van der Waals surface area contributed by atoms with Crippen molar-refractivity contribution >= 4 is 7.59 Å². The van der Waals surface area contributed by atoms with Crippen molar-refractivity contribution in [2.24, 2.45) is 0 Å². The van der Waals surface area contributed by atoms with Gasteiger partial charge >= 0.3 is 0 Å². The fourth-order valence-electron chi connectivity index (χ4n) is 2.47. The number of hydrogen-bond donors (Lipinski definition) is 0. The van der Waals surface area contributed by atoms with Crippen LogP contribution >= 0.6 is 7.59 Å². The lowest BCUT2D eigenvalue weighted by molar-refractivity contribution is 0.338. The van der Waals surface area contributed by atoms with Gasteiger partial charge in [-0.05, 0) is 33.6 Å². The van der Waals surface area contributed by atoms with Crippen molar-refractivity contribution in [1.29, 1.82) is 0 Å². The minimum Gasteiger partial charge on any atom is -0.270 e. The van der Waals surface area contributed by atoms with Crippen molar-refractivity contribution < 1.29 is 4.57 Å². The van der Waals surface area contributed by atoms with E-state index in [2.05, 4.69) is 19.1 Å². The van der Waals surface area contributed by atoms with Gasteiger partial charge in [-0.1, -0.05) is 30.3 Å². The third-order valence-corrected chi connectivity index (χ3v) is 7.24. The minimum atomic E-state index is -2.56. The number of benzene rings is 1. The Morgan fingerprint density at radius 2 is 1.67 bits per heavy atom. The molecular formula is C13H22N3OP. The van der Waals surface area contributed by atoms with Gasteiger partial charge in [0.2, 0.25) is 0 Å². The van der Waals surface area contributed by atoms with Crippen LogP contribution < -0.4 is 0 Å². The highest BCUT2D eigenvalue weighted by Crippen LogP contribution is 2.59. The molecule has 0 radical (unpaired) electrons. The highest BCUT2D eigenvalue weighted by atomic mass is 31.2. The van der Waals surface area contributed by atoms with Gasteiger partial charge in [-0.3, -0.25) is 4.57 Å². The summed E-state index contributed by atoms with van der Waals surface area (Å²) in [6.45, 7) is 3.83. The van der Waals surface area contributed by atoms with Crippen molar-refractivity contribution in [2.45, 2.75) is 13.0 Å². The molecule has 1 heterocycles. The number of nitrogens with zero attached hydrogens (tertiary/aromatic N) is 3. The number of likely N-dealkylation sites (N-methyl/N-ethyl adjacent to an activating group) is 2. The summed E-state index contributed by atoms with van der Waals surface area (Å²) in [4.78, 5) is 0. The van der Waals surface area contributed by atoms with Crippen LogP contribution in [-0.2, 0) is 4.57 Å². The van der Waals surface area contributed by atoms with Crippen LogP contribution in [0.5, 0.6) is 0 Å². The third-order valence-electron chi connectivity index (χ3n) is 3.89. The molecule has 4 nitrogen and oxygen atoms in total. The van der Waals surface area contributed by atoms with Gasteiger partial charge in [-0.25, -0.2) is 14.0 Å². The first kappa shape index (κ1) is 13.8. The van der Waals surface area contributed by atoms with Crippen LogP contribution in [0.4, 0.5) is 0 Å². The maximum Gasteiger partial charge on any atom is 0.286 e. The summed E-state index contributed by atoms with van der Waals surface area (Å²) in [5.74, 6) is 0. The van der Waals surface area contributed by atoms with E-state index in [1.165, 1.54) is 5.56 Å². The zero-order valence-corrected chi connectivity index (χ0v) is 12.5. The first-order valence-electron chi connectivity index (χ1n) is 6.29. The first-order chi connectivity index (χ1) is 8.48. The Morgan fingerprint density at radius 3 is 2.17 bits per heavy atom. The molecule has 2 rings (SSSR count). The van der Waals surface area contributed by atoms with Crippen molar-refractivity contribution in [3.8, 4) is 0 Å². The van der Waals surface area contributed by atoms with Crippen molar-refractivity contribution in [2.75, 3.05) is 34.2 Å². The average Bonchev–Trinajstić information content (AvgIpc) is 2.67. The summed E-state index contributed by atoms with van der Waals surface area (Å²) >= 11 is 0. The molecule has 0 unspecified atom stereocenters. The smallest absolute Gasteiger partial charge is 0.270 e. The molecule has 1 fully saturated rings.